The molecule has 18 heavy (non-hydrogen) atoms. The second-order valence-electron chi connectivity index (χ2n) is 3.68. The van der Waals surface area contributed by atoms with Crippen LogP contribution in [0.25, 0.3) is 0 Å². The Morgan fingerprint density at radius 3 is 2.78 bits per heavy atom. The van der Waals surface area contributed by atoms with E-state index >= 15 is 0 Å². The van der Waals surface area contributed by atoms with Crippen LogP contribution in [-0.4, -0.2) is 22.5 Å². The Labute approximate surface area is 105 Å². The topological polar surface area (TPSA) is 67.0 Å². The molecule has 1 amide bonds. The third-order valence-electron chi connectivity index (χ3n) is 2.40. The first-order valence-corrected chi connectivity index (χ1v) is 5.79. The minimum absolute atomic E-state index is 0.130. The molecule has 5 nitrogen and oxygen atoms in total. The number of aromatic amines is 1. The summed E-state index contributed by atoms with van der Waals surface area (Å²) in [6, 6.07) is 7.04. The number of rotatable bonds is 5. The number of benzene rings is 1. The molecule has 0 fully saturated rings. The zero-order valence-corrected chi connectivity index (χ0v) is 10.1. The van der Waals surface area contributed by atoms with Crippen LogP contribution in [0.2, 0.25) is 0 Å². The van der Waals surface area contributed by atoms with Gasteiger partial charge in [-0.25, -0.2) is 4.98 Å². The SMILES string of the molecule is CCOc1ccc(C(=O)NCc2ncc[nH]2)cc1. The molecule has 0 radical (unpaired) electrons. The van der Waals surface area contributed by atoms with Crippen molar-refractivity contribution < 1.29 is 9.53 Å². The average Bonchev–Trinajstić information content (AvgIpc) is 2.90. The summed E-state index contributed by atoms with van der Waals surface area (Å²) >= 11 is 0. The summed E-state index contributed by atoms with van der Waals surface area (Å²) in [4.78, 5) is 18.8. The molecule has 0 saturated carbocycles. The Bertz CT molecular complexity index is 491. The summed E-state index contributed by atoms with van der Waals surface area (Å²) in [5.74, 6) is 1.36. The van der Waals surface area contributed by atoms with Gasteiger partial charge in [0.2, 0.25) is 0 Å². The van der Waals surface area contributed by atoms with Crippen molar-refractivity contribution in [1.82, 2.24) is 15.3 Å². The number of nitrogens with one attached hydrogen (secondary N) is 2. The van der Waals surface area contributed by atoms with Crippen LogP contribution < -0.4 is 10.1 Å². The van der Waals surface area contributed by atoms with E-state index in [9.17, 15) is 4.79 Å². The molecule has 1 heterocycles. The molecule has 2 N–H and O–H groups in total. The van der Waals surface area contributed by atoms with Gasteiger partial charge in [0, 0.05) is 18.0 Å². The third kappa shape index (κ3) is 3.10. The summed E-state index contributed by atoms with van der Waals surface area (Å²) < 4.78 is 5.31. The van der Waals surface area contributed by atoms with E-state index in [4.69, 9.17) is 4.74 Å². The molecule has 2 rings (SSSR count). The molecule has 0 aliphatic rings. The van der Waals surface area contributed by atoms with E-state index in [0.29, 0.717) is 18.7 Å². The van der Waals surface area contributed by atoms with E-state index in [0.717, 1.165) is 11.6 Å². The second-order valence-corrected chi connectivity index (χ2v) is 3.68. The number of carbonyl (C=O) groups is 1. The molecule has 0 aliphatic heterocycles. The number of nitrogens with zero attached hydrogens (tertiary/aromatic N) is 1. The fourth-order valence-corrected chi connectivity index (χ4v) is 1.53. The maximum absolute atomic E-state index is 11.8. The largest absolute Gasteiger partial charge is 0.494 e. The monoisotopic (exact) mass is 245 g/mol. The van der Waals surface area contributed by atoms with Crippen LogP contribution in [0, 0.1) is 0 Å². The maximum atomic E-state index is 11.8. The van der Waals surface area contributed by atoms with Crippen molar-refractivity contribution in [3.05, 3.63) is 48.0 Å². The molecule has 0 atom stereocenters. The lowest BCUT2D eigenvalue weighted by molar-refractivity contribution is 0.0950. The molecule has 0 spiro atoms. The Morgan fingerprint density at radius 1 is 1.39 bits per heavy atom. The van der Waals surface area contributed by atoms with Gasteiger partial charge >= 0.3 is 0 Å². The smallest absolute Gasteiger partial charge is 0.251 e. The predicted octanol–water partition coefficient (Wildman–Crippen LogP) is 1.74. The molecule has 94 valence electrons. The Morgan fingerprint density at radius 2 is 2.17 bits per heavy atom. The summed E-state index contributed by atoms with van der Waals surface area (Å²) in [7, 11) is 0. The molecule has 0 unspecified atom stereocenters. The summed E-state index contributed by atoms with van der Waals surface area (Å²) in [6.45, 7) is 2.92. The number of carbonyl (C=O) groups excluding carboxylic acids is 1. The summed E-state index contributed by atoms with van der Waals surface area (Å²) in [6.07, 6.45) is 3.37. The normalized spacial score (nSPS) is 10.1. The van der Waals surface area contributed by atoms with E-state index in [1.54, 1.807) is 36.7 Å². The van der Waals surface area contributed by atoms with Gasteiger partial charge in [-0.3, -0.25) is 4.79 Å². The van der Waals surface area contributed by atoms with Crippen LogP contribution in [0.15, 0.2) is 36.7 Å². The summed E-state index contributed by atoms with van der Waals surface area (Å²) in [5.41, 5.74) is 0.602. The fourth-order valence-electron chi connectivity index (χ4n) is 1.53. The number of hydrogen-bond donors (Lipinski definition) is 2. The van der Waals surface area contributed by atoms with E-state index in [1.165, 1.54) is 0 Å². The Balaban J connectivity index is 1.92. The minimum Gasteiger partial charge on any atom is -0.494 e. The van der Waals surface area contributed by atoms with Gasteiger partial charge in [0.05, 0.1) is 13.2 Å². The standard InChI is InChI=1S/C13H15N3O2/c1-2-18-11-5-3-10(4-6-11)13(17)16-9-12-14-7-8-15-12/h3-8H,2,9H2,1H3,(H,14,15)(H,16,17). The molecule has 5 heteroatoms. The van der Waals surface area contributed by atoms with Crippen molar-refractivity contribution in [3.8, 4) is 5.75 Å². The lowest BCUT2D eigenvalue weighted by atomic mass is 10.2. The fraction of sp³-hybridized carbons (Fsp3) is 0.231. The van der Waals surface area contributed by atoms with Crippen molar-refractivity contribution in [2.45, 2.75) is 13.5 Å². The van der Waals surface area contributed by atoms with Crippen LogP contribution in [0.1, 0.15) is 23.1 Å². The zero-order valence-electron chi connectivity index (χ0n) is 10.1. The van der Waals surface area contributed by atoms with E-state index in [2.05, 4.69) is 15.3 Å². The number of amides is 1. The van der Waals surface area contributed by atoms with Gasteiger partial charge in [-0.1, -0.05) is 0 Å². The van der Waals surface area contributed by atoms with Crippen molar-refractivity contribution >= 4 is 5.91 Å². The predicted molar refractivity (Wildman–Crippen MR) is 67.4 cm³/mol. The van der Waals surface area contributed by atoms with Gasteiger partial charge in [-0.2, -0.15) is 0 Å². The van der Waals surface area contributed by atoms with Gasteiger partial charge in [-0.15, -0.1) is 0 Å². The highest BCUT2D eigenvalue weighted by Gasteiger charge is 2.05. The van der Waals surface area contributed by atoms with Crippen molar-refractivity contribution in [1.29, 1.82) is 0 Å². The minimum atomic E-state index is -0.130. The number of imidazole rings is 1. The molecule has 0 saturated heterocycles. The quantitative estimate of drug-likeness (QED) is 0.843. The number of ether oxygens (including phenoxy) is 1. The third-order valence-corrected chi connectivity index (χ3v) is 2.40. The van der Waals surface area contributed by atoms with Gasteiger partial charge in [0.1, 0.15) is 11.6 Å². The first kappa shape index (κ1) is 12.2. The van der Waals surface area contributed by atoms with Crippen LogP contribution >= 0.6 is 0 Å². The lowest BCUT2D eigenvalue weighted by Crippen LogP contribution is -2.23. The van der Waals surface area contributed by atoms with E-state index in [-0.39, 0.29) is 5.91 Å². The average molecular weight is 245 g/mol. The number of aromatic nitrogens is 2. The molecule has 1 aromatic carbocycles. The van der Waals surface area contributed by atoms with Crippen LogP contribution in [0.3, 0.4) is 0 Å². The molecular weight excluding hydrogens is 230 g/mol. The molecular formula is C13H15N3O2. The Hall–Kier alpha value is -2.30. The Kier molecular flexibility index (Phi) is 3.96. The van der Waals surface area contributed by atoms with Gasteiger partial charge in [0.25, 0.3) is 5.91 Å². The van der Waals surface area contributed by atoms with Crippen molar-refractivity contribution in [2.24, 2.45) is 0 Å². The van der Waals surface area contributed by atoms with Crippen LogP contribution in [0.4, 0.5) is 0 Å². The number of H-pyrrole nitrogens is 1. The second kappa shape index (κ2) is 5.86. The first-order chi connectivity index (χ1) is 8.79. The van der Waals surface area contributed by atoms with E-state index < -0.39 is 0 Å². The molecule has 0 aliphatic carbocycles. The lowest BCUT2D eigenvalue weighted by Gasteiger charge is -2.05. The van der Waals surface area contributed by atoms with Crippen LogP contribution in [0.5, 0.6) is 5.75 Å². The van der Waals surface area contributed by atoms with Crippen LogP contribution in [-0.2, 0) is 6.54 Å². The molecule has 1 aromatic heterocycles. The highest BCUT2D eigenvalue weighted by molar-refractivity contribution is 5.94. The van der Waals surface area contributed by atoms with Gasteiger partial charge in [-0.05, 0) is 31.2 Å². The highest BCUT2D eigenvalue weighted by atomic mass is 16.5. The van der Waals surface area contributed by atoms with Crippen molar-refractivity contribution in [2.75, 3.05) is 6.61 Å². The van der Waals surface area contributed by atoms with Crippen molar-refractivity contribution in [3.63, 3.8) is 0 Å². The zero-order chi connectivity index (χ0) is 12.8. The summed E-state index contributed by atoms with van der Waals surface area (Å²) in [5, 5.41) is 2.78. The van der Waals surface area contributed by atoms with E-state index in [1.807, 2.05) is 6.92 Å². The maximum Gasteiger partial charge on any atom is 0.251 e. The van der Waals surface area contributed by atoms with Gasteiger partial charge in [0.15, 0.2) is 0 Å². The van der Waals surface area contributed by atoms with Gasteiger partial charge < -0.3 is 15.0 Å². The number of hydrogen-bond acceptors (Lipinski definition) is 3. The molecule has 2 aromatic rings. The highest BCUT2D eigenvalue weighted by Crippen LogP contribution is 2.11. The first-order valence-electron chi connectivity index (χ1n) is 5.79. The molecule has 0 bridgehead atoms.